The van der Waals surface area contributed by atoms with Crippen molar-refractivity contribution in [1.29, 1.82) is 0 Å². The van der Waals surface area contributed by atoms with Crippen LogP contribution in [0.15, 0.2) is 40.4 Å². The molecule has 1 N–H and O–H groups in total. The molecule has 2 heterocycles. The first kappa shape index (κ1) is 17.0. The van der Waals surface area contributed by atoms with Crippen LogP contribution < -0.4 is 5.32 Å². The Hall–Kier alpha value is -1.88. The Kier molecular flexibility index (Phi) is 4.90. The number of rotatable bonds is 4. The van der Waals surface area contributed by atoms with Gasteiger partial charge in [-0.25, -0.2) is 0 Å². The highest BCUT2D eigenvalue weighted by molar-refractivity contribution is 7.08. The smallest absolute Gasteiger partial charge is 0.315 e. The number of carbonyl (C=O) groups excluding carboxylic acids is 2. The molecule has 24 heavy (non-hydrogen) atoms. The van der Waals surface area contributed by atoms with Gasteiger partial charge in [-0.15, -0.1) is 0 Å². The first-order valence-electron chi connectivity index (χ1n) is 8.39. The van der Waals surface area contributed by atoms with Crippen LogP contribution in [0.1, 0.15) is 44.6 Å². The van der Waals surface area contributed by atoms with E-state index >= 15 is 0 Å². The van der Waals surface area contributed by atoms with Gasteiger partial charge in [0.25, 0.3) is 0 Å². The number of ketones is 1. The highest BCUT2D eigenvalue weighted by Crippen LogP contribution is 2.44. The molecule has 0 saturated carbocycles. The molecule has 1 aromatic rings. The van der Waals surface area contributed by atoms with Crippen molar-refractivity contribution in [2.24, 2.45) is 11.8 Å². The van der Waals surface area contributed by atoms with Crippen molar-refractivity contribution in [3.8, 4) is 0 Å². The molecule has 0 bridgehead atoms. The lowest BCUT2D eigenvalue weighted by Gasteiger charge is -2.37. The molecule has 1 aliphatic carbocycles. The van der Waals surface area contributed by atoms with Crippen molar-refractivity contribution in [3.05, 3.63) is 45.9 Å². The summed E-state index contributed by atoms with van der Waals surface area (Å²) in [4.78, 5) is 25.3. The van der Waals surface area contributed by atoms with Crippen molar-refractivity contribution in [1.82, 2.24) is 5.32 Å². The Morgan fingerprint density at radius 1 is 1.46 bits per heavy atom. The van der Waals surface area contributed by atoms with Crippen LogP contribution in [-0.4, -0.2) is 18.4 Å². The molecule has 0 fully saturated rings. The van der Waals surface area contributed by atoms with Crippen molar-refractivity contribution in [3.63, 3.8) is 0 Å². The Morgan fingerprint density at radius 2 is 2.25 bits per heavy atom. The Labute approximate surface area is 146 Å². The number of hydrogen-bond acceptors (Lipinski definition) is 5. The van der Waals surface area contributed by atoms with Gasteiger partial charge in [0.05, 0.1) is 6.61 Å². The molecule has 5 heteroatoms. The van der Waals surface area contributed by atoms with Crippen LogP contribution in [0, 0.1) is 11.8 Å². The predicted molar refractivity (Wildman–Crippen MR) is 94.5 cm³/mol. The summed E-state index contributed by atoms with van der Waals surface area (Å²) in [7, 11) is 0. The van der Waals surface area contributed by atoms with Crippen LogP contribution in [0.25, 0.3) is 0 Å². The number of hydrogen-bond donors (Lipinski definition) is 1. The van der Waals surface area contributed by atoms with E-state index in [1.165, 1.54) is 0 Å². The van der Waals surface area contributed by atoms with Gasteiger partial charge in [-0.2, -0.15) is 11.3 Å². The predicted octanol–water partition coefficient (Wildman–Crippen LogP) is 3.77. The van der Waals surface area contributed by atoms with E-state index in [1.807, 2.05) is 30.7 Å². The van der Waals surface area contributed by atoms with Crippen molar-refractivity contribution in [2.45, 2.75) is 39.0 Å². The van der Waals surface area contributed by atoms with Gasteiger partial charge in [-0.1, -0.05) is 20.4 Å². The molecule has 0 aromatic carbocycles. The molecule has 1 aromatic heterocycles. The van der Waals surface area contributed by atoms with Crippen LogP contribution in [0.3, 0.4) is 0 Å². The minimum absolute atomic E-state index is 0.133. The van der Waals surface area contributed by atoms with E-state index in [0.717, 1.165) is 29.7 Å². The van der Waals surface area contributed by atoms with E-state index < -0.39 is 5.92 Å². The zero-order valence-corrected chi connectivity index (χ0v) is 14.9. The second-order valence-corrected chi connectivity index (χ2v) is 7.64. The molecule has 0 spiro atoms. The molecule has 4 nitrogen and oxygen atoms in total. The van der Waals surface area contributed by atoms with E-state index in [1.54, 1.807) is 11.3 Å². The Morgan fingerprint density at radius 3 is 2.92 bits per heavy atom. The number of thiophene rings is 1. The SMILES string of the molecule is C=C1NC2=C(C(=O)CCC2)C(c2ccsc2)C1C(=O)OCC(C)C. The lowest BCUT2D eigenvalue weighted by molar-refractivity contribution is -0.149. The van der Waals surface area contributed by atoms with Gasteiger partial charge < -0.3 is 10.1 Å². The van der Waals surface area contributed by atoms with Crippen LogP contribution in [0.2, 0.25) is 0 Å². The fourth-order valence-electron chi connectivity index (χ4n) is 3.42. The lowest BCUT2D eigenvalue weighted by Crippen LogP contribution is -2.41. The molecule has 1 aliphatic heterocycles. The monoisotopic (exact) mass is 345 g/mol. The topological polar surface area (TPSA) is 55.4 Å². The number of carbonyl (C=O) groups is 2. The van der Waals surface area contributed by atoms with Gasteiger partial charge >= 0.3 is 5.97 Å². The molecule has 128 valence electrons. The highest BCUT2D eigenvalue weighted by atomic mass is 32.1. The normalized spacial score (nSPS) is 24.0. The van der Waals surface area contributed by atoms with Crippen LogP contribution in [0.5, 0.6) is 0 Å². The summed E-state index contributed by atoms with van der Waals surface area (Å²) in [5, 5.41) is 7.21. The van der Waals surface area contributed by atoms with E-state index in [-0.39, 0.29) is 23.6 Å². The maximum absolute atomic E-state index is 12.7. The molecule has 2 unspecified atom stereocenters. The number of nitrogens with one attached hydrogen (secondary N) is 1. The number of esters is 1. The first-order chi connectivity index (χ1) is 11.5. The summed E-state index contributed by atoms with van der Waals surface area (Å²) in [6.45, 7) is 8.45. The molecule has 2 atom stereocenters. The molecular weight excluding hydrogens is 322 g/mol. The largest absolute Gasteiger partial charge is 0.465 e. The zero-order valence-electron chi connectivity index (χ0n) is 14.1. The minimum Gasteiger partial charge on any atom is -0.465 e. The highest BCUT2D eigenvalue weighted by Gasteiger charge is 2.43. The third-order valence-electron chi connectivity index (χ3n) is 4.50. The lowest BCUT2D eigenvalue weighted by atomic mass is 9.72. The van der Waals surface area contributed by atoms with E-state index in [4.69, 9.17) is 4.74 Å². The zero-order chi connectivity index (χ0) is 17.3. The average molecular weight is 345 g/mol. The minimum atomic E-state index is -0.556. The molecule has 2 aliphatic rings. The van der Waals surface area contributed by atoms with Crippen molar-refractivity contribution in [2.75, 3.05) is 6.61 Å². The van der Waals surface area contributed by atoms with Gasteiger partial charge in [0.1, 0.15) is 5.92 Å². The summed E-state index contributed by atoms with van der Waals surface area (Å²) in [5.74, 6) is -0.743. The fraction of sp³-hybridized carbons (Fsp3) is 0.474. The van der Waals surface area contributed by atoms with Crippen molar-refractivity contribution >= 4 is 23.1 Å². The summed E-state index contributed by atoms with van der Waals surface area (Å²) in [6, 6.07) is 1.99. The van der Waals surface area contributed by atoms with E-state index in [9.17, 15) is 9.59 Å². The third-order valence-corrected chi connectivity index (χ3v) is 5.20. The van der Waals surface area contributed by atoms with Crippen LogP contribution in [0.4, 0.5) is 0 Å². The van der Waals surface area contributed by atoms with Gasteiger partial charge in [0, 0.05) is 29.3 Å². The standard InChI is InChI=1S/C19H23NO3S/c1-11(2)9-23-19(22)16-12(3)20-14-5-4-6-15(21)18(14)17(16)13-7-8-24-10-13/h7-8,10-11,16-17,20H,3-6,9H2,1-2H3. The molecule has 0 saturated heterocycles. The quantitative estimate of drug-likeness (QED) is 0.844. The summed E-state index contributed by atoms with van der Waals surface area (Å²) in [5.41, 5.74) is 3.31. The molecule has 3 rings (SSSR count). The summed E-state index contributed by atoms with van der Waals surface area (Å²) >= 11 is 1.57. The van der Waals surface area contributed by atoms with Gasteiger partial charge in [-0.05, 0) is 41.1 Å². The maximum Gasteiger partial charge on any atom is 0.315 e. The third kappa shape index (κ3) is 3.18. The molecule has 0 amide bonds. The fourth-order valence-corrected chi connectivity index (χ4v) is 4.12. The van der Waals surface area contributed by atoms with Crippen LogP contribution in [-0.2, 0) is 14.3 Å². The first-order valence-corrected chi connectivity index (χ1v) is 9.34. The Bertz CT molecular complexity index is 687. The van der Waals surface area contributed by atoms with Gasteiger partial charge in [-0.3, -0.25) is 9.59 Å². The van der Waals surface area contributed by atoms with Gasteiger partial charge in [0.2, 0.25) is 0 Å². The molecular formula is C19H23NO3S. The number of ether oxygens (including phenoxy) is 1. The van der Waals surface area contributed by atoms with Crippen molar-refractivity contribution < 1.29 is 14.3 Å². The van der Waals surface area contributed by atoms with E-state index in [2.05, 4.69) is 11.9 Å². The summed E-state index contributed by atoms with van der Waals surface area (Å²) < 4.78 is 5.49. The van der Waals surface area contributed by atoms with E-state index in [0.29, 0.717) is 18.7 Å². The number of Topliss-reactive ketones (excluding diaryl/α,β-unsaturated/α-hetero) is 1. The number of allylic oxidation sites excluding steroid dienone is 2. The van der Waals surface area contributed by atoms with Crippen LogP contribution >= 0.6 is 11.3 Å². The van der Waals surface area contributed by atoms with Gasteiger partial charge in [0.15, 0.2) is 5.78 Å². The summed E-state index contributed by atoms with van der Waals surface area (Å²) in [6.07, 6.45) is 2.21. The molecule has 0 radical (unpaired) electrons. The second-order valence-electron chi connectivity index (χ2n) is 6.86. The Balaban J connectivity index is 2.00. The average Bonchev–Trinajstić information content (AvgIpc) is 3.05. The maximum atomic E-state index is 12.7. The second kappa shape index (κ2) is 6.93.